The number of halogens is 1. The highest BCUT2D eigenvalue weighted by Gasteiger charge is 2.08. The van der Waals surface area contributed by atoms with Crippen LogP contribution in [0.4, 0.5) is 5.82 Å². The van der Waals surface area contributed by atoms with Gasteiger partial charge in [0.05, 0.1) is 5.02 Å². The van der Waals surface area contributed by atoms with Crippen molar-refractivity contribution in [1.82, 2.24) is 4.98 Å². The van der Waals surface area contributed by atoms with Gasteiger partial charge in [-0.3, -0.25) is 0 Å². The minimum absolute atomic E-state index is 0.333. The molecule has 3 N–H and O–H groups in total. The maximum atomic E-state index is 8.48. The van der Waals surface area contributed by atoms with Gasteiger partial charge in [-0.2, -0.15) is 5.26 Å². The minimum atomic E-state index is 0.333. The van der Waals surface area contributed by atoms with E-state index in [4.69, 9.17) is 22.6 Å². The molecule has 0 spiro atoms. The summed E-state index contributed by atoms with van der Waals surface area (Å²) in [5, 5.41) is 8.89. The number of rotatable bonds is 0. The third-order valence-electron chi connectivity index (χ3n) is 1.25. The topological polar surface area (TPSA) is 65.6 Å². The molecule has 3 nitrogen and oxygen atoms in total. The van der Waals surface area contributed by atoms with Gasteiger partial charge in [-0.1, -0.05) is 11.6 Å². The highest BCUT2D eigenvalue weighted by atomic mass is 35.5. The number of nitrogens with zero attached hydrogens (tertiary/aromatic N) is 1. The fourth-order valence-corrected chi connectivity index (χ4v) is 0.926. The van der Waals surface area contributed by atoms with Crippen LogP contribution in [0.15, 0.2) is 0 Å². The number of hydrogen-bond acceptors (Lipinski definition) is 2. The van der Waals surface area contributed by atoms with Crippen LogP contribution in [0.2, 0.25) is 5.02 Å². The normalized spacial score (nSPS) is 9.30. The van der Waals surface area contributed by atoms with E-state index in [0.717, 1.165) is 5.69 Å². The highest BCUT2D eigenvalue weighted by Crippen LogP contribution is 2.24. The van der Waals surface area contributed by atoms with Gasteiger partial charge in [0.25, 0.3) is 0 Å². The number of aromatic amines is 1. The van der Waals surface area contributed by atoms with Crippen LogP contribution in [0, 0.1) is 18.3 Å². The largest absolute Gasteiger partial charge is 0.384 e. The molecule has 0 unspecified atom stereocenters. The van der Waals surface area contributed by atoms with E-state index in [-0.39, 0.29) is 0 Å². The van der Waals surface area contributed by atoms with E-state index in [2.05, 4.69) is 4.98 Å². The summed E-state index contributed by atoms with van der Waals surface area (Å²) in [6.07, 6.45) is 0. The van der Waals surface area contributed by atoms with Crippen LogP contribution in [-0.2, 0) is 0 Å². The SMILES string of the molecule is Cc1[nH]c(N)c(C#N)c1Cl. The van der Waals surface area contributed by atoms with Crippen molar-refractivity contribution >= 4 is 17.4 Å². The number of nitrogens with one attached hydrogen (secondary N) is 1. The van der Waals surface area contributed by atoms with Gasteiger partial charge >= 0.3 is 0 Å². The predicted molar refractivity (Wildman–Crippen MR) is 39.7 cm³/mol. The number of hydrogen-bond donors (Lipinski definition) is 2. The average Bonchev–Trinajstić information content (AvgIpc) is 2.09. The molecule has 0 saturated heterocycles. The molecule has 10 heavy (non-hydrogen) atoms. The zero-order valence-corrected chi connectivity index (χ0v) is 6.16. The quantitative estimate of drug-likeness (QED) is 0.595. The maximum Gasteiger partial charge on any atom is 0.120 e. The molecular formula is C6H6ClN3. The molecule has 52 valence electrons. The van der Waals surface area contributed by atoms with Crippen molar-refractivity contribution in [2.45, 2.75) is 6.92 Å². The summed E-state index contributed by atoms with van der Waals surface area (Å²) < 4.78 is 0. The standard InChI is InChI=1S/C6H6ClN3/c1-3-5(7)4(2-8)6(9)10-3/h10H,9H2,1H3. The summed E-state index contributed by atoms with van der Waals surface area (Å²) in [7, 11) is 0. The van der Waals surface area contributed by atoms with Crippen LogP contribution in [-0.4, -0.2) is 4.98 Å². The molecule has 0 saturated carbocycles. The van der Waals surface area contributed by atoms with Crippen molar-refractivity contribution in [3.63, 3.8) is 0 Å². The number of nitriles is 1. The first-order valence-corrected chi connectivity index (χ1v) is 3.08. The summed E-state index contributed by atoms with van der Waals surface area (Å²) in [5.41, 5.74) is 6.45. The number of aryl methyl sites for hydroxylation is 1. The van der Waals surface area contributed by atoms with E-state index >= 15 is 0 Å². The lowest BCUT2D eigenvalue weighted by Gasteiger charge is -1.82. The van der Waals surface area contributed by atoms with E-state index in [9.17, 15) is 0 Å². The monoisotopic (exact) mass is 155 g/mol. The van der Waals surface area contributed by atoms with Crippen molar-refractivity contribution in [3.8, 4) is 6.07 Å². The average molecular weight is 156 g/mol. The number of nitrogens with two attached hydrogens (primary N) is 1. The second-order valence-corrected chi connectivity index (χ2v) is 2.34. The Hall–Kier alpha value is -1.14. The van der Waals surface area contributed by atoms with Gasteiger partial charge < -0.3 is 10.7 Å². The minimum Gasteiger partial charge on any atom is -0.384 e. The Bertz CT molecular complexity index is 295. The summed E-state index contributed by atoms with van der Waals surface area (Å²) in [5.74, 6) is 0.338. The number of nitrogen functional groups attached to an aromatic ring is 1. The number of H-pyrrole nitrogens is 1. The third kappa shape index (κ3) is 0.829. The van der Waals surface area contributed by atoms with Crippen molar-refractivity contribution in [3.05, 3.63) is 16.3 Å². The van der Waals surface area contributed by atoms with Crippen molar-refractivity contribution in [2.75, 3.05) is 5.73 Å². The first-order valence-electron chi connectivity index (χ1n) is 2.70. The second-order valence-electron chi connectivity index (χ2n) is 1.96. The first kappa shape index (κ1) is 6.97. The summed E-state index contributed by atoms with van der Waals surface area (Å²) in [6.45, 7) is 1.76. The molecule has 4 heteroatoms. The molecule has 0 fully saturated rings. The second kappa shape index (κ2) is 2.24. The molecule has 0 aliphatic carbocycles. The Morgan fingerprint density at radius 3 is 2.50 bits per heavy atom. The molecule has 0 aliphatic rings. The molecule has 0 aliphatic heterocycles. The zero-order chi connectivity index (χ0) is 7.72. The lowest BCUT2D eigenvalue weighted by atomic mass is 10.3. The Morgan fingerprint density at radius 1 is 1.70 bits per heavy atom. The fourth-order valence-electron chi connectivity index (χ4n) is 0.734. The predicted octanol–water partition coefficient (Wildman–Crippen LogP) is 1.43. The van der Waals surface area contributed by atoms with Gasteiger partial charge in [-0.25, -0.2) is 0 Å². The Balaban J connectivity index is 3.37. The maximum absolute atomic E-state index is 8.48. The van der Waals surface area contributed by atoms with Crippen molar-refractivity contribution in [1.29, 1.82) is 5.26 Å². The van der Waals surface area contributed by atoms with Gasteiger partial charge in [0.2, 0.25) is 0 Å². The molecule has 0 bridgehead atoms. The summed E-state index contributed by atoms with van der Waals surface area (Å²) in [6, 6.07) is 1.90. The summed E-state index contributed by atoms with van der Waals surface area (Å²) in [4.78, 5) is 2.75. The van der Waals surface area contributed by atoms with Gasteiger partial charge in [0.15, 0.2) is 0 Å². The van der Waals surface area contributed by atoms with Crippen LogP contribution in [0.3, 0.4) is 0 Å². The van der Waals surface area contributed by atoms with E-state index in [1.165, 1.54) is 0 Å². The third-order valence-corrected chi connectivity index (χ3v) is 1.72. The van der Waals surface area contributed by atoms with Crippen LogP contribution in [0.25, 0.3) is 0 Å². The molecule has 1 heterocycles. The zero-order valence-electron chi connectivity index (χ0n) is 5.40. The molecule has 1 rings (SSSR count). The van der Waals surface area contributed by atoms with Crippen molar-refractivity contribution in [2.24, 2.45) is 0 Å². The Morgan fingerprint density at radius 2 is 2.30 bits per heavy atom. The fraction of sp³-hybridized carbons (Fsp3) is 0.167. The number of aromatic nitrogens is 1. The van der Waals surface area contributed by atoms with E-state index in [1.54, 1.807) is 6.92 Å². The van der Waals surface area contributed by atoms with E-state index in [1.807, 2.05) is 6.07 Å². The van der Waals surface area contributed by atoms with Gasteiger partial charge in [-0.05, 0) is 6.92 Å². The van der Waals surface area contributed by atoms with Crippen LogP contribution >= 0.6 is 11.6 Å². The van der Waals surface area contributed by atoms with Gasteiger partial charge in [-0.15, -0.1) is 0 Å². The van der Waals surface area contributed by atoms with E-state index < -0.39 is 0 Å². The van der Waals surface area contributed by atoms with Gasteiger partial charge in [0.1, 0.15) is 17.5 Å². The lowest BCUT2D eigenvalue weighted by molar-refractivity contribution is 1.27. The summed E-state index contributed by atoms with van der Waals surface area (Å²) >= 11 is 5.68. The number of anilines is 1. The molecule has 1 aromatic heterocycles. The molecule has 0 atom stereocenters. The Labute approximate surface area is 63.4 Å². The first-order chi connectivity index (χ1) is 4.66. The van der Waals surface area contributed by atoms with Crippen LogP contribution in [0.1, 0.15) is 11.3 Å². The van der Waals surface area contributed by atoms with Gasteiger partial charge in [0, 0.05) is 5.69 Å². The molecular weight excluding hydrogens is 150 g/mol. The van der Waals surface area contributed by atoms with Crippen molar-refractivity contribution < 1.29 is 0 Å². The molecule has 0 amide bonds. The molecule has 0 aromatic carbocycles. The molecule has 1 aromatic rings. The van der Waals surface area contributed by atoms with E-state index in [0.29, 0.717) is 16.4 Å². The smallest absolute Gasteiger partial charge is 0.120 e. The highest BCUT2D eigenvalue weighted by molar-refractivity contribution is 6.32. The molecule has 0 radical (unpaired) electrons. The van der Waals surface area contributed by atoms with Crippen LogP contribution in [0.5, 0.6) is 0 Å². The van der Waals surface area contributed by atoms with Crippen LogP contribution < -0.4 is 5.73 Å². The lowest BCUT2D eigenvalue weighted by Crippen LogP contribution is -1.86. The Kier molecular flexibility index (Phi) is 1.56.